The van der Waals surface area contributed by atoms with Gasteiger partial charge in [0.25, 0.3) is 0 Å². The number of rotatable bonds is 3. The molecule has 1 aliphatic carbocycles. The van der Waals surface area contributed by atoms with Gasteiger partial charge in [-0.15, -0.1) is 0 Å². The third-order valence-corrected chi connectivity index (χ3v) is 5.94. The molecule has 2 rings (SSSR count). The smallest absolute Gasteiger partial charge is 0.240 e. The van der Waals surface area contributed by atoms with Crippen LogP contribution in [0.2, 0.25) is 5.02 Å². The first-order valence-electron chi connectivity index (χ1n) is 6.05. The standard InChI is InChI=1S/C12H15BrClNO3S/c13-9-7-8(5-6-10(9)14)19(17,18)15-11-3-1-2-4-12(11)16/h5-7,11-12,15-16H,1-4H2/t11-,12-/m0/s1. The molecule has 2 N–H and O–H groups in total. The molecule has 2 atom stereocenters. The fourth-order valence-corrected chi connectivity index (χ4v) is 4.14. The molecular formula is C12H15BrClNO3S. The molecule has 7 heteroatoms. The molecule has 0 spiro atoms. The molecule has 0 amide bonds. The number of hydrogen-bond acceptors (Lipinski definition) is 3. The number of halogens is 2. The summed E-state index contributed by atoms with van der Waals surface area (Å²) in [7, 11) is -3.63. The van der Waals surface area contributed by atoms with E-state index in [-0.39, 0.29) is 4.90 Å². The van der Waals surface area contributed by atoms with E-state index in [1.807, 2.05) is 0 Å². The Labute approximate surface area is 126 Å². The minimum absolute atomic E-state index is 0.140. The molecule has 1 aromatic carbocycles. The second-order valence-corrected chi connectivity index (χ2v) is 7.63. The summed E-state index contributed by atoms with van der Waals surface area (Å²) in [4.78, 5) is 0.140. The monoisotopic (exact) mass is 367 g/mol. The summed E-state index contributed by atoms with van der Waals surface area (Å²) in [6.45, 7) is 0. The molecule has 0 saturated heterocycles. The van der Waals surface area contributed by atoms with Gasteiger partial charge in [-0.05, 0) is 47.0 Å². The third-order valence-electron chi connectivity index (χ3n) is 3.24. The van der Waals surface area contributed by atoms with Gasteiger partial charge in [-0.1, -0.05) is 24.4 Å². The van der Waals surface area contributed by atoms with Gasteiger partial charge in [0.15, 0.2) is 0 Å². The highest BCUT2D eigenvalue weighted by atomic mass is 79.9. The lowest BCUT2D eigenvalue weighted by Crippen LogP contribution is -2.44. The average Bonchev–Trinajstić information content (AvgIpc) is 2.35. The number of nitrogens with one attached hydrogen (secondary N) is 1. The van der Waals surface area contributed by atoms with Crippen molar-refractivity contribution in [1.29, 1.82) is 0 Å². The lowest BCUT2D eigenvalue weighted by atomic mass is 9.93. The summed E-state index contributed by atoms with van der Waals surface area (Å²) >= 11 is 9.05. The van der Waals surface area contributed by atoms with E-state index in [9.17, 15) is 13.5 Å². The molecule has 19 heavy (non-hydrogen) atoms. The summed E-state index contributed by atoms with van der Waals surface area (Å²) in [5, 5.41) is 10.3. The maximum Gasteiger partial charge on any atom is 0.240 e. The summed E-state index contributed by atoms with van der Waals surface area (Å²) in [6.07, 6.45) is 2.55. The molecule has 1 aromatic rings. The highest BCUT2D eigenvalue weighted by Gasteiger charge is 2.28. The van der Waals surface area contributed by atoms with Crippen molar-refractivity contribution in [1.82, 2.24) is 4.72 Å². The van der Waals surface area contributed by atoms with Gasteiger partial charge in [0.2, 0.25) is 10.0 Å². The van der Waals surface area contributed by atoms with Gasteiger partial charge in [-0.25, -0.2) is 13.1 Å². The highest BCUT2D eigenvalue weighted by molar-refractivity contribution is 9.10. The predicted octanol–water partition coefficient (Wildman–Crippen LogP) is 2.68. The van der Waals surface area contributed by atoms with Crippen LogP contribution in [0.15, 0.2) is 27.6 Å². The van der Waals surface area contributed by atoms with Crippen LogP contribution >= 0.6 is 27.5 Å². The predicted molar refractivity (Wildman–Crippen MR) is 77.7 cm³/mol. The van der Waals surface area contributed by atoms with Gasteiger partial charge < -0.3 is 5.11 Å². The van der Waals surface area contributed by atoms with Crippen LogP contribution in [-0.2, 0) is 10.0 Å². The van der Waals surface area contributed by atoms with Crippen molar-refractivity contribution in [3.05, 3.63) is 27.7 Å². The lowest BCUT2D eigenvalue weighted by Gasteiger charge is -2.28. The molecule has 0 unspecified atom stereocenters. The molecule has 4 nitrogen and oxygen atoms in total. The molecule has 0 heterocycles. The number of sulfonamides is 1. The number of aliphatic hydroxyl groups excluding tert-OH is 1. The van der Waals surface area contributed by atoms with E-state index in [4.69, 9.17) is 11.6 Å². The zero-order valence-corrected chi connectivity index (χ0v) is 13.3. The van der Waals surface area contributed by atoms with Crippen LogP contribution in [0.1, 0.15) is 25.7 Å². The van der Waals surface area contributed by atoms with Crippen LogP contribution in [0.25, 0.3) is 0 Å². The summed E-state index contributed by atoms with van der Waals surface area (Å²) < 4.78 is 27.5. The fourth-order valence-electron chi connectivity index (χ4n) is 2.16. The summed E-state index contributed by atoms with van der Waals surface area (Å²) in [5.41, 5.74) is 0. The van der Waals surface area contributed by atoms with Crippen LogP contribution in [0.5, 0.6) is 0 Å². The Balaban J connectivity index is 2.19. The lowest BCUT2D eigenvalue weighted by molar-refractivity contribution is 0.101. The molecule has 106 valence electrons. The topological polar surface area (TPSA) is 66.4 Å². The Morgan fingerprint density at radius 2 is 2.00 bits per heavy atom. The molecule has 1 fully saturated rings. The zero-order chi connectivity index (χ0) is 14.0. The Hall–Kier alpha value is -0.140. The van der Waals surface area contributed by atoms with Crippen LogP contribution in [0.4, 0.5) is 0 Å². The van der Waals surface area contributed by atoms with Crippen molar-refractivity contribution in [2.75, 3.05) is 0 Å². The van der Waals surface area contributed by atoms with E-state index in [0.717, 1.165) is 12.8 Å². The first kappa shape index (κ1) is 15.3. The van der Waals surface area contributed by atoms with Crippen molar-refractivity contribution >= 4 is 37.6 Å². The molecule has 1 aliphatic rings. The molecule has 0 radical (unpaired) electrons. The average molecular weight is 369 g/mol. The number of aliphatic hydroxyl groups is 1. The maximum absolute atomic E-state index is 12.2. The molecule has 0 aliphatic heterocycles. The fraction of sp³-hybridized carbons (Fsp3) is 0.500. The largest absolute Gasteiger partial charge is 0.391 e. The first-order chi connectivity index (χ1) is 8.90. The quantitative estimate of drug-likeness (QED) is 0.862. The second-order valence-electron chi connectivity index (χ2n) is 4.66. The van der Waals surface area contributed by atoms with E-state index in [2.05, 4.69) is 20.7 Å². The second kappa shape index (κ2) is 6.10. The van der Waals surface area contributed by atoms with Crippen molar-refractivity contribution in [2.45, 2.75) is 42.7 Å². The first-order valence-corrected chi connectivity index (χ1v) is 8.71. The van der Waals surface area contributed by atoms with Crippen LogP contribution in [0.3, 0.4) is 0 Å². The molecule has 1 saturated carbocycles. The van der Waals surface area contributed by atoms with Crippen LogP contribution in [-0.4, -0.2) is 25.7 Å². The van der Waals surface area contributed by atoms with Crippen LogP contribution in [0, 0.1) is 0 Å². The van der Waals surface area contributed by atoms with Crippen molar-refractivity contribution < 1.29 is 13.5 Å². The number of benzene rings is 1. The Bertz CT molecular complexity index is 564. The zero-order valence-electron chi connectivity index (χ0n) is 10.1. The minimum Gasteiger partial charge on any atom is -0.391 e. The molecular weight excluding hydrogens is 354 g/mol. The third kappa shape index (κ3) is 3.70. The van der Waals surface area contributed by atoms with Gasteiger partial charge in [0.1, 0.15) is 0 Å². The van der Waals surface area contributed by atoms with E-state index < -0.39 is 22.2 Å². The normalized spacial score (nSPS) is 24.4. The van der Waals surface area contributed by atoms with E-state index in [0.29, 0.717) is 22.3 Å². The van der Waals surface area contributed by atoms with E-state index in [1.165, 1.54) is 18.2 Å². The van der Waals surface area contributed by atoms with Gasteiger partial charge in [0, 0.05) is 10.5 Å². The SMILES string of the molecule is O=S(=O)(N[C@H]1CCCC[C@@H]1O)c1ccc(Cl)c(Br)c1. The van der Waals surface area contributed by atoms with Crippen LogP contribution < -0.4 is 4.72 Å². The van der Waals surface area contributed by atoms with Crippen molar-refractivity contribution in [3.8, 4) is 0 Å². The summed E-state index contributed by atoms with van der Waals surface area (Å²) in [6, 6.07) is 4.02. The number of hydrogen-bond donors (Lipinski definition) is 2. The minimum atomic E-state index is -3.63. The van der Waals surface area contributed by atoms with Crippen molar-refractivity contribution in [3.63, 3.8) is 0 Å². The van der Waals surface area contributed by atoms with Gasteiger partial charge in [-0.2, -0.15) is 0 Å². The van der Waals surface area contributed by atoms with E-state index in [1.54, 1.807) is 0 Å². The Morgan fingerprint density at radius 1 is 1.32 bits per heavy atom. The Kier molecular flexibility index (Phi) is 4.89. The molecule has 0 bridgehead atoms. The Morgan fingerprint density at radius 3 is 2.63 bits per heavy atom. The maximum atomic E-state index is 12.2. The highest BCUT2D eigenvalue weighted by Crippen LogP contribution is 2.26. The van der Waals surface area contributed by atoms with Gasteiger partial charge >= 0.3 is 0 Å². The van der Waals surface area contributed by atoms with Gasteiger partial charge in [0.05, 0.1) is 16.0 Å². The van der Waals surface area contributed by atoms with Gasteiger partial charge in [-0.3, -0.25) is 0 Å². The summed E-state index contributed by atoms with van der Waals surface area (Å²) in [5.74, 6) is 0. The van der Waals surface area contributed by atoms with Crippen molar-refractivity contribution in [2.24, 2.45) is 0 Å². The van der Waals surface area contributed by atoms with E-state index >= 15 is 0 Å². The molecule has 0 aromatic heterocycles.